The topological polar surface area (TPSA) is 115 Å². The first-order valence-corrected chi connectivity index (χ1v) is 7.72. The number of nitrogens with one attached hydrogen (secondary N) is 1. The van der Waals surface area contributed by atoms with Crippen LogP contribution >= 0.6 is 11.3 Å². The van der Waals surface area contributed by atoms with Gasteiger partial charge in [0.15, 0.2) is 0 Å². The first kappa shape index (κ1) is 16.6. The van der Waals surface area contributed by atoms with Crippen LogP contribution in [0.3, 0.4) is 0 Å². The molecule has 0 atom stereocenters. The fraction of sp³-hybridized carbons (Fsp3) is 0.200. The number of amides is 2. The summed E-state index contributed by atoms with van der Waals surface area (Å²) in [7, 11) is 0. The van der Waals surface area contributed by atoms with Gasteiger partial charge in [-0.05, 0) is 24.6 Å². The van der Waals surface area contributed by atoms with Gasteiger partial charge in [0.1, 0.15) is 5.00 Å². The van der Waals surface area contributed by atoms with Crippen LogP contribution < -0.4 is 11.1 Å². The molecule has 0 saturated heterocycles. The van der Waals surface area contributed by atoms with Gasteiger partial charge >= 0.3 is 0 Å². The van der Waals surface area contributed by atoms with E-state index < -0.39 is 16.7 Å². The molecule has 0 spiro atoms. The van der Waals surface area contributed by atoms with Crippen molar-refractivity contribution in [3.63, 3.8) is 0 Å². The van der Waals surface area contributed by atoms with Gasteiger partial charge in [0.2, 0.25) is 0 Å². The fourth-order valence-corrected chi connectivity index (χ4v) is 3.16. The van der Waals surface area contributed by atoms with Gasteiger partial charge in [-0.15, -0.1) is 11.3 Å². The van der Waals surface area contributed by atoms with Gasteiger partial charge in [-0.2, -0.15) is 0 Å². The van der Waals surface area contributed by atoms with Crippen molar-refractivity contribution in [1.29, 1.82) is 0 Å². The smallest absolute Gasteiger partial charge is 0.269 e. The summed E-state index contributed by atoms with van der Waals surface area (Å²) in [6.07, 6.45) is 1.70. The molecule has 0 fully saturated rings. The Hall–Kier alpha value is -2.74. The van der Waals surface area contributed by atoms with Gasteiger partial charge in [-0.1, -0.05) is 13.3 Å². The van der Waals surface area contributed by atoms with Crippen LogP contribution in [-0.4, -0.2) is 16.7 Å². The monoisotopic (exact) mass is 333 g/mol. The molecule has 0 aliphatic heterocycles. The molecule has 8 heteroatoms. The predicted octanol–water partition coefficient (Wildman–Crippen LogP) is 2.96. The molecular weight excluding hydrogens is 318 g/mol. The lowest BCUT2D eigenvalue weighted by Crippen LogP contribution is -2.16. The van der Waals surface area contributed by atoms with E-state index in [-0.39, 0.29) is 16.8 Å². The highest BCUT2D eigenvalue weighted by molar-refractivity contribution is 7.16. The molecule has 2 amide bonds. The third-order valence-electron chi connectivity index (χ3n) is 3.11. The summed E-state index contributed by atoms with van der Waals surface area (Å²) < 4.78 is 0. The number of nitrogens with two attached hydrogens (primary N) is 1. The molecule has 0 saturated carbocycles. The Bertz CT molecular complexity index is 753. The van der Waals surface area contributed by atoms with Crippen LogP contribution in [0.1, 0.15) is 38.9 Å². The second kappa shape index (κ2) is 7.01. The van der Waals surface area contributed by atoms with Crippen molar-refractivity contribution >= 4 is 33.8 Å². The Labute approximate surface area is 136 Å². The molecule has 1 aromatic carbocycles. The molecule has 0 aliphatic carbocycles. The molecule has 2 rings (SSSR count). The van der Waals surface area contributed by atoms with Crippen LogP contribution in [0.2, 0.25) is 0 Å². The van der Waals surface area contributed by atoms with Crippen LogP contribution in [0, 0.1) is 10.1 Å². The van der Waals surface area contributed by atoms with E-state index in [1.165, 1.54) is 35.6 Å². The molecule has 7 nitrogen and oxygen atoms in total. The van der Waals surface area contributed by atoms with Crippen LogP contribution in [0.25, 0.3) is 0 Å². The number of rotatable bonds is 6. The number of benzene rings is 1. The van der Waals surface area contributed by atoms with E-state index in [0.29, 0.717) is 5.00 Å². The first-order chi connectivity index (χ1) is 10.9. The van der Waals surface area contributed by atoms with Crippen molar-refractivity contribution in [3.05, 3.63) is 56.5 Å². The highest BCUT2D eigenvalue weighted by atomic mass is 32.1. The number of nitrogens with zero attached hydrogens (tertiary/aromatic N) is 1. The Morgan fingerprint density at radius 1 is 1.30 bits per heavy atom. The van der Waals surface area contributed by atoms with E-state index in [2.05, 4.69) is 5.32 Å². The number of primary amides is 1. The number of hydrogen-bond acceptors (Lipinski definition) is 5. The number of non-ortho nitro benzene ring substituents is 1. The second-order valence-electron chi connectivity index (χ2n) is 4.83. The molecule has 2 aromatic rings. The van der Waals surface area contributed by atoms with Crippen molar-refractivity contribution in [2.75, 3.05) is 5.32 Å². The maximum Gasteiger partial charge on any atom is 0.269 e. The van der Waals surface area contributed by atoms with Crippen molar-refractivity contribution in [2.24, 2.45) is 5.73 Å². The number of nitro groups is 1. The van der Waals surface area contributed by atoms with Crippen molar-refractivity contribution in [1.82, 2.24) is 0 Å². The SMILES string of the molecule is CCCc1cc(C(N)=O)c(NC(=O)c2ccc([N+](=O)[O-])cc2)s1. The van der Waals surface area contributed by atoms with Crippen LogP contribution in [0.4, 0.5) is 10.7 Å². The zero-order chi connectivity index (χ0) is 17.0. The Morgan fingerprint density at radius 2 is 1.96 bits per heavy atom. The number of hydrogen-bond donors (Lipinski definition) is 2. The standard InChI is InChI=1S/C15H15N3O4S/c1-2-3-11-8-12(13(16)19)15(23-11)17-14(20)9-4-6-10(7-5-9)18(21)22/h4-8H,2-3H2,1H3,(H2,16,19)(H,17,20). The largest absolute Gasteiger partial charge is 0.366 e. The number of nitro benzene ring substituents is 1. The minimum atomic E-state index is -0.609. The lowest BCUT2D eigenvalue weighted by atomic mass is 10.2. The lowest BCUT2D eigenvalue weighted by molar-refractivity contribution is -0.384. The van der Waals surface area contributed by atoms with Crippen molar-refractivity contribution < 1.29 is 14.5 Å². The summed E-state index contributed by atoms with van der Waals surface area (Å²) in [5, 5.41) is 13.6. The third kappa shape index (κ3) is 3.92. The predicted molar refractivity (Wildman–Crippen MR) is 87.9 cm³/mol. The highest BCUT2D eigenvalue weighted by Crippen LogP contribution is 2.29. The van der Waals surface area contributed by atoms with Gasteiger partial charge in [-0.25, -0.2) is 0 Å². The van der Waals surface area contributed by atoms with Crippen molar-refractivity contribution in [2.45, 2.75) is 19.8 Å². The van der Waals surface area contributed by atoms with E-state index in [4.69, 9.17) is 5.73 Å². The lowest BCUT2D eigenvalue weighted by Gasteiger charge is -2.04. The van der Waals surface area contributed by atoms with E-state index in [9.17, 15) is 19.7 Å². The minimum Gasteiger partial charge on any atom is -0.366 e. The average molecular weight is 333 g/mol. The first-order valence-electron chi connectivity index (χ1n) is 6.90. The van der Waals surface area contributed by atoms with Crippen LogP contribution in [-0.2, 0) is 6.42 Å². The van der Waals surface area contributed by atoms with E-state index in [1.54, 1.807) is 6.07 Å². The second-order valence-corrected chi connectivity index (χ2v) is 5.96. The molecule has 0 bridgehead atoms. The maximum atomic E-state index is 12.2. The normalized spacial score (nSPS) is 10.3. The number of carbonyl (C=O) groups is 2. The van der Waals surface area contributed by atoms with Gasteiger partial charge < -0.3 is 11.1 Å². The molecular formula is C15H15N3O4S. The summed E-state index contributed by atoms with van der Waals surface area (Å²) in [5.41, 5.74) is 5.77. The maximum absolute atomic E-state index is 12.2. The van der Waals surface area contributed by atoms with E-state index in [1.807, 2.05) is 6.92 Å². The summed E-state index contributed by atoms with van der Waals surface area (Å²) >= 11 is 1.30. The Morgan fingerprint density at radius 3 is 2.48 bits per heavy atom. The summed E-state index contributed by atoms with van der Waals surface area (Å²) in [5.74, 6) is -1.06. The van der Waals surface area contributed by atoms with Crippen molar-refractivity contribution in [3.8, 4) is 0 Å². The average Bonchev–Trinajstić information content (AvgIpc) is 2.90. The number of carbonyl (C=O) groups excluding carboxylic acids is 2. The zero-order valence-electron chi connectivity index (χ0n) is 12.4. The summed E-state index contributed by atoms with van der Waals surface area (Å²) in [6, 6.07) is 6.90. The number of aryl methyl sites for hydroxylation is 1. The molecule has 1 aromatic heterocycles. The number of anilines is 1. The molecule has 1 heterocycles. The Balaban J connectivity index is 2.22. The van der Waals surface area contributed by atoms with Gasteiger partial charge in [0.25, 0.3) is 17.5 Å². The van der Waals surface area contributed by atoms with Gasteiger partial charge in [0, 0.05) is 22.6 Å². The molecule has 3 N–H and O–H groups in total. The number of thiophene rings is 1. The zero-order valence-corrected chi connectivity index (χ0v) is 13.2. The van der Waals surface area contributed by atoms with E-state index in [0.717, 1.165) is 17.7 Å². The fourth-order valence-electron chi connectivity index (χ4n) is 2.00. The quantitative estimate of drug-likeness (QED) is 0.624. The molecule has 23 heavy (non-hydrogen) atoms. The highest BCUT2D eigenvalue weighted by Gasteiger charge is 2.17. The summed E-state index contributed by atoms with van der Waals surface area (Å²) in [4.78, 5) is 34.7. The Kier molecular flexibility index (Phi) is 5.07. The van der Waals surface area contributed by atoms with Crippen LogP contribution in [0.5, 0.6) is 0 Å². The van der Waals surface area contributed by atoms with Crippen LogP contribution in [0.15, 0.2) is 30.3 Å². The minimum absolute atomic E-state index is 0.0965. The van der Waals surface area contributed by atoms with Gasteiger partial charge in [-0.3, -0.25) is 19.7 Å². The molecule has 120 valence electrons. The van der Waals surface area contributed by atoms with Gasteiger partial charge in [0.05, 0.1) is 10.5 Å². The molecule has 0 unspecified atom stereocenters. The van der Waals surface area contributed by atoms with E-state index >= 15 is 0 Å². The molecule has 0 radical (unpaired) electrons. The summed E-state index contributed by atoms with van der Waals surface area (Å²) in [6.45, 7) is 2.01. The molecule has 0 aliphatic rings. The third-order valence-corrected chi connectivity index (χ3v) is 4.22.